The Kier molecular flexibility index (Phi) is 6.71. The molecular formula is C21H27N3O4. The Balaban J connectivity index is 1.50. The molecule has 0 aliphatic carbocycles. The first-order valence-corrected chi connectivity index (χ1v) is 9.55. The van der Waals surface area contributed by atoms with Gasteiger partial charge >= 0.3 is 0 Å². The molecule has 28 heavy (non-hydrogen) atoms. The second-order valence-corrected chi connectivity index (χ2v) is 7.20. The molecule has 2 amide bonds. The molecule has 2 heterocycles. The predicted molar refractivity (Wildman–Crippen MR) is 107 cm³/mol. The van der Waals surface area contributed by atoms with Gasteiger partial charge in [0.1, 0.15) is 5.75 Å². The van der Waals surface area contributed by atoms with E-state index in [0.717, 1.165) is 32.4 Å². The van der Waals surface area contributed by atoms with Crippen LogP contribution < -0.4 is 10.1 Å². The van der Waals surface area contributed by atoms with Crippen molar-refractivity contribution in [1.82, 2.24) is 9.80 Å². The summed E-state index contributed by atoms with van der Waals surface area (Å²) in [5.41, 5.74) is 0.626. The van der Waals surface area contributed by atoms with Crippen molar-refractivity contribution in [2.75, 3.05) is 39.1 Å². The molecule has 1 saturated heterocycles. The van der Waals surface area contributed by atoms with Crippen LogP contribution in [0.4, 0.5) is 5.69 Å². The van der Waals surface area contributed by atoms with E-state index in [9.17, 15) is 9.59 Å². The molecule has 1 aromatic heterocycles. The summed E-state index contributed by atoms with van der Waals surface area (Å²) in [4.78, 5) is 28.6. The number of furan rings is 1. The number of hydrogen-bond acceptors (Lipinski definition) is 5. The van der Waals surface area contributed by atoms with Crippen LogP contribution >= 0.6 is 0 Å². The van der Waals surface area contributed by atoms with Crippen molar-refractivity contribution < 1.29 is 18.7 Å². The maximum atomic E-state index is 12.6. The lowest BCUT2D eigenvalue weighted by atomic mass is 10.1. The van der Waals surface area contributed by atoms with E-state index in [2.05, 4.69) is 24.3 Å². The largest absolute Gasteiger partial charge is 0.484 e. The van der Waals surface area contributed by atoms with Crippen LogP contribution in [0, 0.1) is 0 Å². The van der Waals surface area contributed by atoms with E-state index in [1.807, 2.05) is 4.90 Å². The number of likely N-dealkylation sites (N-methyl/N-ethyl adjacent to an activating group) is 1. The van der Waals surface area contributed by atoms with Crippen molar-refractivity contribution in [3.63, 3.8) is 0 Å². The number of ether oxygens (including phenoxy) is 1. The Morgan fingerprint density at radius 2 is 2.00 bits per heavy atom. The Morgan fingerprint density at radius 3 is 2.68 bits per heavy atom. The van der Waals surface area contributed by atoms with Crippen LogP contribution in [0.1, 0.15) is 29.8 Å². The van der Waals surface area contributed by atoms with Gasteiger partial charge in [0.05, 0.1) is 6.26 Å². The lowest BCUT2D eigenvalue weighted by molar-refractivity contribution is -0.133. The van der Waals surface area contributed by atoms with Crippen LogP contribution in [0.15, 0.2) is 47.1 Å². The Morgan fingerprint density at radius 1 is 1.21 bits per heavy atom. The zero-order chi connectivity index (χ0) is 19.9. The third-order valence-corrected chi connectivity index (χ3v) is 4.95. The molecule has 1 fully saturated rings. The van der Waals surface area contributed by atoms with Gasteiger partial charge in [-0.25, -0.2) is 0 Å². The average Bonchev–Trinajstić information content (AvgIpc) is 3.11. The fourth-order valence-corrected chi connectivity index (χ4v) is 3.24. The van der Waals surface area contributed by atoms with Crippen molar-refractivity contribution in [1.29, 1.82) is 0 Å². The predicted octanol–water partition coefficient (Wildman–Crippen LogP) is 2.85. The molecule has 150 valence electrons. The summed E-state index contributed by atoms with van der Waals surface area (Å²) in [5, 5.41) is 2.74. The van der Waals surface area contributed by atoms with E-state index in [1.165, 1.54) is 6.26 Å². The Labute approximate surface area is 165 Å². The van der Waals surface area contributed by atoms with Crippen molar-refractivity contribution in [3.8, 4) is 5.75 Å². The summed E-state index contributed by atoms with van der Waals surface area (Å²) in [6, 6.07) is 10.6. The Hall–Kier alpha value is -2.80. The highest BCUT2D eigenvalue weighted by molar-refractivity contribution is 6.02. The number of likely N-dealkylation sites (tertiary alicyclic amines) is 1. The highest BCUT2D eigenvalue weighted by Gasteiger charge is 2.23. The fraction of sp³-hybridized carbons (Fsp3) is 0.429. The molecule has 2 aromatic rings. The zero-order valence-electron chi connectivity index (χ0n) is 16.4. The van der Waals surface area contributed by atoms with Gasteiger partial charge in [-0.05, 0) is 63.3 Å². The van der Waals surface area contributed by atoms with Crippen LogP contribution in [0.2, 0.25) is 0 Å². The molecule has 0 radical (unpaired) electrons. The minimum Gasteiger partial charge on any atom is -0.484 e. The molecule has 1 atom stereocenters. The van der Waals surface area contributed by atoms with E-state index < -0.39 is 0 Å². The number of amides is 2. The molecule has 0 saturated carbocycles. The first-order chi connectivity index (χ1) is 13.5. The summed E-state index contributed by atoms with van der Waals surface area (Å²) in [6.45, 7) is 1.54. The molecule has 3 rings (SSSR count). The quantitative estimate of drug-likeness (QED) is 0.828. The molecule has 0 spiro atoms. The monoisotopic (exact) mass is 385 g/mol. The second-order valence-electron chi connectivity index (χ2n) is 7.20. The van der Waals surface area contributed by atoms with Crippen LogP contribution in [-0.4, -0.2) is 61.4 Å². The molecule has 7 heteroatoms. The molecule has 7 nitrogen and oxygen atoms in total. The molecule has 0 unspecified atom stereocenters. The fourth-order valence-electron chi connectivity index (χ4n) is 3.24. The number of rotatable bonds is 6. The maximum Gasteiger partial charge on any atom is 0.291 e. The standard InChI is InChI=1S/C21H27N3O4/c1-23(2)17-6-3-4-12-24(14-17)20(25)15-28-18-10-8-16(9-11-18)22-21(26)19-7-5-13-27-19/h5,7-11,13,17H,3-4,6,12,14-15H2,1-2H3,(H,22,26)/t17-/m0/s1. The van der Waals surface area contributed by atoms with Crippen molar-refractivity contribution in [2.24, 2.45) is 0 Å². The van der Waals surface area contributed by atoms with Crippen LogP contribution in [0.3, 0.4) is 0 Å². The average molecular weight is 385 g/mol. The van der Waals surface area contributed by atoms with Gasteiger partial charge in [0.2, 0.25) is 0 Å². The lowest BCUT2D eigenvalue weighted by Gasteiger charge is -2.28. The third-order valence-electron chi connectivity index (χ3n) is 4.95. The first kappa shape index (κ1) is 19.9. The van der Waals surface area contributed by atoms with Crippen LogP contribution in [-0.2, 0) is 4.79 Å². The number of nitrogens with zero attached hydrogens (tertiary/aromatic N) is 2. The van der Waals surface area contributed by atoms with Crippen molar-refractivity contribution in [2.45, 2.75) is 25.3 Å². The molecule has 1 aromatic carbocycles. The minimum atomic E-state index is -0.314. The third kappa shape index (κ3) is 5.36. The zero-order valence-corrected chi connectivity index (χ0v) is 16.4. The number of anilines is 1. The van der Waals surface area contributed by atoms with E-state index in [-0.39, 0.29) is 24.2 Å². The first-order valence-electron chi connectivity index (χ1n) is 9.55. The molecule has 0 bridgehead atoms. The van der Waals surface area contributed by atoms with Gasteiger partial charge in [-0.15, -0.1) is 0 Å². The van der Waals surface area contributed by atoms with Crippen molar-refractivity contribution >= 4 is 17.5 Å². The summed E-state index contributed by atoms with van der Waals surface area (Å²) in [7, 11) is 4.11. The second kappa shape index (κ2) is 9.41. The topological polar surface area (TPSA) is 75.0 Å². The normalized spacial score (nSPS) is 17.2. The van der Waals surface area contributed by atoms with E-state index in [0.29, 0.717) is 17.5 Å². The van der Waals surface area contributed by atoms with Gasteiger partial charge in [-0.3, -0.25) is 9.59 Å². The molecule has 1 aliphatic rings. The number of carbonyl (C=O) groups excluding carboxylic acids is 2. The highest BCUT2D eigenvalue weighted by Crippen LogP contribution is 2.18. The van der Waals surface area contributed by atoms with Gasteiger partial charge in [0.25, 0.3) is 11.8 Å². The Bertz CT molecular complexity index is 771. The minimum absolute atomic E-state index is 0.00366. The number of carbonyl (C=O) groups is 2. The lowest BCUT2D eigenvalue weighted by Crippen LogP contribution is -2.43. The SMILES string of the molecule is CN(C)[C@H]1CCCCN(C(=O)COc2ccc(NC(=O)c3ccco3)cc2)C1. The van der Waals surface area contributed by atoms with E-state index >= 15 is 0 Å². The molecule has 1 N–H and O–H groups in total. The van der Waals surface area contributed by atoms with Gasteiger partial charge in [-0.2, -0.15) is 0 Å². The molecule has 1 aliphatic heterocycles. The summed E-state index contributed by atoms with van der Waals surface area (Å²) >= 11 is 0. The summed E-state index contributed by atoms with van der Waals surface area (Å²) in [5.74, 6) is 0.525. The number of nitrogens with one attached hydrogen (secondary N) is 1. The van der Waals surface area contributed by atoms with Gasteiger partial charge in [0, 0.05) is 24.8 Å². The number of hydrogen-bond donors (Lipinski definition) is 1. The van der Waals surface area contributed by atoms with Gasteiger partial charge < -0.3 is 24.3 Å². The summed E-state index contributed by atoms with van der Waals surface area (Å²) in [6.07, 6.45) is 4.73. The van der Waals surface area contributed by atoms with E-state index in [4.69, 9.17) is 9.15 Å². The van der Waals surface area contributed by atoms with Gasteiger partial charge in [-0.1, -0.05) is 6.42 Å². The smallest absolute Gasteiger partial charge is 0.291 e. The van der Waals surface area contributed by atoms with E-state index in [1.54, 1.807) is 36.4 Å². The highest BCUT2D eigenvalue weighted by atomic mass is 16.5. The van der Waals surface area contributed by atoms with Crippen LogP contribution in [0.25, 0.3) is 0 Å². The number of benzene rings is 1. The maximum absolute atomic E-state index is 12.6. The van der Waals surface area contributed by atoms with Crippen molar-refractivity contribution in [3.05, 3.63) is 48.4 Å². The van der Waals surface area contributed by atoms with Crippen LogP contribution in [0.5, 0.6) is 5.75 Å². The van der Waals surface area contributed by atoms with Gasteiger partial charge in [0.15, 0.2) is 12.4 Å². The molecular weight excluding hydrogens is 358 g/mol. The summed E-state index contributed by atoms with van der Waals surface area (Å²) < 4.78 is 10.7.